The second-order valence-electron chi connectivity index (χ2n) is 6.18. The first kappa shape index (κ1) is 21.2. The summed E-state index contributed by atoms with van der Waals surface area (Å²) in [5.74, 6) is 2.20. The topological polar surface area (TPSA) is 78.3 Å². The van der Waals surface area contributed by atoms with Gasteiger partial charge in [0.1, 0.15) is 11.5 Å². The minimum atomic E-state index is -0.284. The van der Waals surface area contributed by atoms with Crippen molar-refractivity contribution in [2.75, 3.05) is 18.2 Å². The Kier molecular flexibility index (Phi) is 7.16. The summed E-state index contributed by atoms with van der Waals surface area (Å²) in [6, 6.07) is 14.8. The van der Waals surface area contributed by atoms with Gasteiger partial charge in [0.05, 0.1) is 12.9 Å². The van der Waals surface area contributed by atoms with Gasteiger partial charge in [-0.1, -0.05) is 33.8 Å². The van der Waals surface area contributed by atoms with E-state index >= 15 is 0 Å². The molecule has 1 unspecified atom stereocenters. The highest BCUT2D eigenvalue weighted by atomic mass is 79.9. The van der Waals surface area contributed by atoms with E-state index < -0.39 is 0 Å². The fraction of sp³-hybridized carbons (Fsp3) is 0.250. The van der Waals surface area contributed by atoms with Crippen LogP contribution in [0.15, 0.2) is 58.2 Å². The predicted octanol–water partition coefficient (Wildman–Crippen LogP) is 4.46. The van der Waals surface area contributed by atoms with Gasteiger partial charge in [0.15, 0.2) is 17.1 Å². The van der Waals surface area contributed by atoms with Crippen molar-refractivity contribution >= 4 is 39.3 Å². The van der Waals surface area contributed by atoms with Gasteiger partial charge in [-0.05, 0) is 43.3 Å². The summed E-state index contributed by atoms with van der Waals surface area (Å²) in [6.07, 6.45) is -0.284. The minimum absolute atomic E-state index is 0.132. The van der Waals surface area contributed by atoms with Crippen LogP contribution in [0.3, 0.4) is 0 Å². The van der Waals surface area contributed by atoms with Crippen LogP contribution >= 0.6 is 27.7 Å². The fourth-order valence-corrected chi connectivity index (χ4v) is 3.59. The molecule has 1 amide bonds. The zero-order chi connectivity index (χ0) is 20.8. The van der Waals surface area contributed by atoms with Crippen LogP contribution in [0, 0.1) is 0 Å². The van der Waals surface area contributed by atoms with Crippen molar-refractivity contribution in [2.45, 2.75) is 18.2 Å². The Morgan fingerprint density at radius 3 is 2.69 bits per heavy atom. The Labute approximate surface area is 181 Å². The van der Waals surface area contributed by atoms with Gasteiger partial charge in [0.2, 0.25) is 5.91 Å². The largest absolute Gasteiger partial charge is 0.497 e. The molecule has 0 fully saturated rings. The molecule has 0 spiro atoms. The highest BCUT2D eigenvalue weighted by Crippen LogP contribution is 2.25. The van der Waals surface area contributed by atoms with Crippen LogP contribution in [0.2, 0.25) is 0 Å². The normalized spacial score (nSPS) is 11.7. The molecule has 0 aliphatic heterocycles. The van der Waals surface area contributed by atoms with Gasteiger partial charge < -0.3 is 19.4 Å². The van der Waals surface area contributed by atoms with Crippen LogP contribution < -0.4 is 14.8 Å². The number of methoxy groups -OCH3 is 1. The van der Waals surface area contributed by atoms with Crippen molar-refractivity contribution in [1.29, 1.82) is 0 Å². The van der Waals surface area contributed by atoms with Crippen molar-refractivity contribution in [1.82, 2.24) is 14.8 Å². The molecule has 0 radical (unpaired) electrons. The molecule has 0 saturated carbocycles. The molecule has 29 heavy (non-hydrogen) atoms. The van der Waals surface area contributed by atoms with Gasteiger partial charge in [0.25, 0.3) is 0 Å². The van der Waals surface area contributed by atoms with Crippen LogP contribution in [0.1, 0.15) is 18.9 Å². The Hall–Kier alpha value is -2.52. The first-order valence-corrected chi connectivity index (χ1v) is 10.6. The number of hydrogen-bond acceptors (Lipinski definition) is 6. The van der Waals surface area contributed by atoms with Crippen LogP contribution in [-0.2, 0) is 11.8 Å². The van der Waals surface area contributed by atoms with Crippen LogP contribution in [0.25, 0.3) is 0 Å². The molecular formula is C20H21BrN4O3S. The van der Waals surface area contributed by atoms with E-state index in [1.807, 2.05) is 61.0 Å². The van der Waals surface area contributed by atoms with Gasteiger partial charge in [-0.25, -0.2) is 0 Å². The monoisotopic (exact) mass is 476 g/mol. The highest BCUT2D eigenvalue weighted by molar-refractivity contribution is 9.10. The summed E-state index contributed by atoms with van der Waals surface area (Å²) in [5, 5.41) is 11.9. The third-order valence-electron chi connectivity index (χ3n) is 4.04. The molecule has 1 heterocycles. The molecule has 9 heteroatoms. The van der Waals surface area contributed by atoms with Crippen LogP contribution in [0.4, 0.5) is 5.69 Å². The number of hydrogen-bond donors (Lipinski definition) is 1. The predicted molar refractivity (Wildman–Crippen MR) is 117 cm³/mol. The van der Waals surface area contributed by atoms with E-state index in [9.17, 15) is 4.79 Å². The maximum atomic E-state index is 12.2. The Morgan fingerprint density at radius 2 is 1.97 bits per heavy atom. The van der Waals surface area contributed by atoms with E-state index in [0.717, 1.165) is 10.2 Å². The van der Waals surface area contributed by atoms with Gasteiger partial charge >= 0.3 is 0 Å². The summed E-state index contributed by atoms with van der Waals surface area (Å²) in [5.41, 5.74) is 0.685. The van der Waals surface area contributed by atoms with Crippen molar-refractivity contribution < 1.29 is 14.3 Å². The van der Waals surface area contributed by atoms with E-state index in [1.54, 1.807) is 13.2 Å². The third kappa shape index (κ3) is 5.74. The lowest BCUT2D eigenvalue weighted by atomic mass is 10.3. The molecule has 3 aromatic rings. The standard InChI is InChI=1S/C20H21BrN4O3S/c1-13(28-16-9-7-14(21)8-10-16)19-23-24-20(25(19)2)29-12-18(26)22-15-5-4-6-17(11-15)27-3/h4-11,13H,12H2,1-3H3,(H,22,26). The number of nitrogens with zero attached hydrogens (tertiary/aromatic N) is 3. The van der Waals surface area contributed by atoms with E-state index in [1.165, 1.54) is 11.8 Å². The highest BCUT2D eigenvalue weighted by Gasteiger charge is 2.18. The quantitative estimate of drug-likeness (QED) is 0.483. The molecule has 0 aliphatic carbocycles. The summed E-state index contributed by atoms with van der Waals surface area (Å²) in [4.78, 5) is 12.2. The number of benzene rings is 2. The number of amides is 1. The molecule has 0 bridgehead atoms. The molecule has 1 N–H and O–H groups in total. The maximum Gasteiger partial charge on any atom is 0.234 e. The van der Waals surface area contributed by atoms with Gasteiger partial charge in [-0.2, -0.15) is 0 Å². The molecule has 2 aromatic carbocycles. The Bertz CT molecular complexity index is 978. The third-order valence-corrected chi connectivity index (χ3v) is 5.59. The molecule has 7 nitrogen and oxygen atoms in total. The van der Waals surface area contributed by atoms with Crippen molar-refractivity contribution in [3.8, 4) is 11.5 Å². The molecular weight excluding hydrogens is 456 g/mol. The number of rotatable bonds is 8. The molecule has 3 rings (SSSR count). The molecule has 1 atom stereocenters. The fourth-order valence-electron chi connectivity index (χ4n) is 2.60. The van der Waals surface area contributed by atoms with E-state index in [-0.39, 0.29) is 17.8 Å². The smallest absolute Gasteiger partial charge is 0.234 e. The van der Waals surface area contributed by atoms with Gasteiger partial charge in [-0.15, -0.1) is 10.2 Å². The number of aromatic nitrogens is 3. The molecule has 0 aliphatic rings. The van der Waals surface area contributed by atoms with E-state index in [2.05, 4.69) is 31.4 Å². The van der Waals surface area contributed by atoms with E-state index in [4.69, 9.17) is 9.47 Å². The number of ether oxygens (including phenoxy) is 2. The van der Waals surface area contributed by atoms with Crippen LogP contribution in [-0.4, -0.2) is 33.5 Å². The van der Waals surface area contributed by atoms with Crippen molar-refractivity contribution in [3.63, 3.8) is 0 Å². The average Bonchev–Trinajstić information content (AvgIpc) is 3.09. The number of thioether (sulfide) groups is 1. The lowest BCUT2D eigenvalue weighted by molar-refractivity contribution is -0.113. The summed E-state index contributed by atoms with van der Waals surface area (Å²) in [6.45, 7) is 1.91. The zero-order valence-electron chi connectivity index (χ0n) is 16.3. The van der Waals surface area contributed by atoms with Crippen molar-refractivity contribution in [3.05, 3.63) is 58.8 Å². The molecule has 152 valence electrons. The number of nitrogens with one attached hydrogen (secondary N) is 1. The minimum Gasteiger partial charge on any atom is -0.497 e. The lowest BCUT2D eigenvalue weighted by Crippen LogP contribution is -2.15. The Balaban J connectivity index is 1.57. The maximum absolute atomic E-state index is 12.2. The van der Waals surface area contributed by atoms with Crippen LogP contribution in [0.5, 0.6) is 11.5 Å². The second-order valence-corrected chi connectivity index (χ2v) is 8.04. The number of carbonyl (C=O) groups is 1. The van der Waals surface area contributed by atoms with Gasteiger partial charge in [0, 0.05) is 23.3 Å². The SMILES string of the molecule is COc1cccc(NC(=O)CSc2nnc(C(C)Oc3ccc(Br)cc3)n2C)c1. The summed E-state index contributed by atoms with van der Waals surface area (Å²) in [7, 11) is 3.45. The number of carbonyl (C=O) groups excluding carboxylic acids is 1. The first-order valence-electron chi connectivity index (χ1n) is 8.84. The summed E-state index contributed by atoms with van der Waals surface area (Å²) >= 11 is 4.72. The number of halogens is 1. The second kappa shape index (κ2) is 9.80. The lowest BCUT2D eigenvalue weighted by Gasteiger charge is -2.14. The molecule has 0 saturated heterocycles. The zero-order valence-corrected chi connectivity index (χ0v) is 18.7. The summed E-state index contributed by atoms with van der Waals surface area (Å²) < 4.78 is 13.9. The van der Waals surface area contributed by atoms with Gasteiger partial charge in [-0.3, -0.25) is 4.79 Å². The molecule has 1 aromatic heterocycles. The van der Waals surface area contributed by atoms with E-state index in [0.29, 0.717) is 22.4 Å². The van der Waals surface area contributed by atoms with Crippen molar-refractivity contribution in [2.24, 2.45) is 7.05 Å². The first-order chi connectivity index (χ1) is 14.0. The Morgan fingerprint density at radius 1 is 1.21 bits per heavy atom. The average molecular weight is 477 g/mol. The number of anilines is 1.